The lowest BCUT2D eigenvalue weighted by molar-refractivity contribution is -0.00461. The SMILES string of the molecule is COC1CN(C(=O)N2CCNCC2)CC1OC. The Balaban J connectivity index is 1.92. The Kier molecular flexibility index (Phi) is 4.20. The van der Waals surface area contributed by atoms with Gasteiger partial charge >= 0.3 is 6.03 Å². The number of urea groups is 1. The van der Waals surface area contributed by atoms with Gasteiger partial charge in [0.15, 0.2) is 0 Å². The molecular weight excluding hydrogens is 222 g/mol. The number of carbonyl (C=O) groups excluding carboxylic acids is 1. The van der Waals surface area contributed by atoms with E-state index in [1.54, 1.807) is 14.2 Å². The number of hydrogen-bond acceptors (Lipinski definition) is 4. The average molecular weight is 243 g/mol. The van der Waals surface area contributed by atoms with Crippen LogP contribution in [-0.2, 0) is 9.47 Å². The number of amides is 2. The van der Waals surface area contributed by atoms with Crippen molar-refractivity contribution in [3.8, 4) is 0 Å². The Bertz CT molecular complexity index is 257. The topological polar surface area (TPSA) is 54.0 Å². The molecule has 6 nitrogen and oxygen atoms in total. The summed E-state index contributed by atoms with van der Waals surface area (Å²) in [5.74, 6) is 0. The van der Waals surface area contributed by atoms with Gasteiger partial charge in [0.2, 0.25) is 0 Å². The summed E-state index contributed by atoms with van der Waals surface area (Å²) in [5, 5.41) is 3.24. The number of rotatable bonds is 2. The van der Waals surface area contributed by atoms with E-state index in [1.165, 1.54) is 0 Å². The molecule has 0 aromatic heterocycles. The quantitative estimate of drug-likeness (QED) is 0.701. The maximum atomic E-state index is 12.2. The van der Waals surface area contributed by atoms with E-state index < -0.39 is 0 Å². The second-order valence-electron chi connectivity index (χ2n) is 4.47. The van der Waals surface area contributed by atoms with Gasteiger partial charge in [-0.05, 0) is 0 Å². The molecule has 0 aromatic rings. The van der Waals surface area contributed by atoms with Gasteiger partial charge in [0.1, 0.15) is 12.2 Å². The van der Waals surface area contributed by atoms with E-state index in [0.29, 0.717) is 13.1 Å². The average Bonchev–Trinajstić information content (AvgIpc) is 2.82. The van der Waals surface area contributed by atoms with Gasteiger partial charge < -0.3 is 24.6 Å². The summed E-state index contributed by atoms with van der Waals surface area (Å²) in [7, 11) is 3.32. The molecule has 2 saturated heterocycles. The van der Waals surface area contributed by atoms with Gasteiger partial charge in [0, 0.05) is 40.4 Å². The fraction of sp³-hybridized carbons (Fsp3) is 0.909. The monoisotopic (exact) mass is 243 g/mol. The highest BCUT2D eigenvalue weighted by molar-refractivity contribution is 5.75. The summed E-state index contributed by atoms with van der Waals surface area (Å²) in [6.45, 7) is 4.56. The van der Waals surface area contributed by atoms with E-state index in [2.05, 4.69) is 5.32 Å². The predicted octanol–water partition coefficient (Wildman–Crippen LogP) is -0.643. The molecule has 0 radical (unpaired) electrons. The van der Waals surface area contributed by atoms with E-state index in [4.69, 9.17) is 9.47 Å². The minimum absolute atomic E-state index is 0.00753. The van der Waals surface area contributed by atoms with Crippen molar-refractivity contribution >= 4 is 6.03 Å². The molecule has 0 spiro atoms. The molecule has 2 fully saturated rings. The van der Waals surface area contributed by atoms with Crippen LogP contribution in [0.1, 0.15) is 0 Å². The summed E-state index contributed by atoms with van der Waals surface area (Å²) in [4.78, 5) is 16.0. The third kappa shape index (κ3) is 2.70. The normalized spacial score (nSPS) is 29.8. The number of nitrogens with one attached hydrogen (secondary N) is 1. The number of nitrogens with zero attached hydrogens (tertiary/aromatic N) is 2. The molecule has 2 unspecified atom stereocenters. The Morgan fingerprint density at radius 1 is 1.06 bits per heavy atom. The van der Waals surface area contributed by atoms with Crippen LogP contribution in [0.4, 0.5) is 4.79 Å². The fourth-order valence-electron chi connectivity index (χ4n) is 2.41. The number of carbonyl (C=O) groups is 1. The second kappa shape index (κ2) is 5.66. The molecular formula is C11H21N3O3. The molecule has 0 aliphatic carbocycles. The maximum Gasteiger partial charge on any atom is 0.320 e. The zero-order chi connectivity index (χ0) is 12.3. The van der Waals surface area contributed by atoms with Gasteiger partial charge in [-0.1, -0.05) is 0 Å². The van der Waals surface area contributed by atoms with Crippen molar-refractivity contribution in [2.24, 2.45) is 0 Å². The third-order valence-electron chi connectivity index (χ3n) is 3.48. The molecule has 0 saturated carbocycles. The van der Waals surface area contributed by atoms with Crippen LogP contribution in [0.5, 0.6) is 0 Å². The van der Waals surface area contributed by atoms with Gasteiger partial charge in [-0.3, -0.25) is 0 Å². The Morgan fingerprint density at radius 2 is 1.59 bits per heavy atom. The summed E-state index contributed by atoms with van der Waals surface area (Å²) < 4.78 is 10.7. The zero-order valence-corrected chi connectivity index (χ0v) is 10.5. The van der Waals surface area contributed by atoms with Crippen molar-refractivity contribution in [3.63, 3.8) is 0 Å². The lowest BCUT2D eigenvalue weighted by Gasteiger charge is -2.31. The first-order valence-electron chi connectivity index (χ1n) is 6.06. The maximum absolute atomic E-state index is 12.2. The van der Waals surface area contributed by atoms with Crippen molar-refractivity contribution in [1.29, 1.82) is 0 Å². The van der Waals surface area contributed by atoms with E-state index in [-0.39, 0.29) is 18.2 Å². The minimum Gasteiger partial charge on any atom is -0.377 e. The molecule has 2 atom stereocenters. The second-order valence-corrected chi connectivity index (χ2v) is 4.47. The van der Waals surface area contributed by atoms with Gasteiger partial charge in [-0.15, -0.1) is 0 Å². The number of ether oxygens (including phenoxy) is 2. The minimum atomic E-state index is -0.00753. The highest BCUT2D eigenvalue weighted by Crippen LogP contribution is 2.17. The molecule has 1 N–H and O–H groups in total. The van der Waals surface area contributed by atoms with Crippen LogP contribution in [0.3, 0.4) is 0 Å². The first-order valence-corrected chi connectivity index (χ1v) is 6.06. The van der Waals surface area contributed by atoms with Crippen LogP contribution < -0.4 is 5.32 Å². The van der Waals surface area contributed by atoms with E-state index in [0.717, 1.165) is 26.2 Å². The van der Waals surface area contributed by atoms with Crippen LogP contribution in [0.2, 0.25) is 0 Å². The number of methoxy groups -OCH3 is 2. The van der Waals surface area contributed by atoms with Gasteiger partial charge in [0.05, 0.1) is 13.1 Å². The molecule has 2 heterocycles. The molecule has 98 valence electrons. The van der Waals surface area contributed by atoms with E-state index in [1.807, 2.05) is 9.80 Å². The molecule has 0 bridgehead atoms. The summed E-state index contributed by atoms with van der Waals surface area (Å²) in [6.07, 6.45) is -0.0151. The highest BCUT2D eigenvalue weighted by atomic mass is 16.5. The van der Waals surface area contributed by atoms with Crippen molar-refractivity contribution in [2.45, 2.75) is 12.2 Å². The predicted molar refractivity (Wildman–Crippen MR) is 63.0 cm³/mol. The smallest absolute Gasteiger partial charge is 0.320 e. The first-order chi connectivity index (χ1) is 8.26. The fourth-order valence-corrected chi connectivity index (χ4v) is 2.41. The summed E-state index contributed by atoms with van der Waals surface area (Å²) >= 11 is 0. The lowest BCUT2D eigenvalue weighted by atomic mass is 10.3. The molecule has 2 aliphatic rings. The number of hydrogen-bond donors (Lipinski definition) is 1. The van der Waals surface area contributed by atoms with Crippen LogP contribution in [0, 0.1) is 0 Å². The van der Waals surface area contributed by atoms with Crippen molar-refractivity contribution in [2.75, 3.05) is 53.5 Å². The Hall–Kier alpha value is -0.850. The summed E-state index contributed by atoms with van der Waals surface area (Å²) in [6, 6.07) is 0.105. The van der Waals surface area contributed by atoms with Gasteiger partial charge in [0.25, 0.3) is 0 Å². The van der Waals surface area contributed by atoms with Crippen LogP contribution >= 0.6 is 0 Å². The van der Waals surface area contributed by atoms with Crippen molar-refractivity contribution in [1.82, 2.24) is 15.1 Å². The Morgan fingerprint density at radius 3 is 2.06 bits per heavy atom. The standard InChI is InChI=1S/C11H21N3O3/c1-16-9-7-14(8-10(9)17-2)11(15)13-5-3-12-4-6-13/h9-10,12H,3-8H2,1-2H3. The third-order valence-corrected chi connectivity index (χ3v) is 3.48. The summed E-state index contributed by atoms with van der Waals surface area (Å²) in [5.41, 5.74) is 0. The van der Waals surface area contributed by atoms with E-state index in [9.17, 15) is 4.79 Å². The lowest BCUT2D eigenvalue weighted by Crippen LogP contribution is -2.51. The number of likely N-dealkylation sites (tertiary alicyclic amines) is 1. The molecule has 2 rings (SSSR count). The first kappa shape index (κ1) is 12.6. The van der Waals surface area contributed by atoms with Crippen molar-refractivity contribution in [3.05, 3.63) is 0 Å². The van der Waals surface area contributed by atoms with E-state index >= 15 is 0 Å². The molecule has 2 amide bonds. The number of piperazine rings is 1. The van der Waals surface area contributed by atoms with Crippen LogP contribution in [-0.4, -0.2) is 81.5 Å². The zero-order valence-electron chi connectivity index (χ0n) is 10.5. The van der Waals surface area contributed by atoms with Gasteiger partial charge in [-0.25, -0.2) is 4.79 Å². The molecule has 17 heavy (non-hydrogen) atoms. The Labute approximate surface area is 102 Å². The molecule has 2 aliphatic heterocycles. The van der Waals surface area contributed by atoms with Crippen LogP contribution in [0.25, 0.3) is 0 Å². The van der Waals surface area contributed by atoms with Gasteiger partial charge in [-0.2, -0.15) is 0 Å². The molecule has 0 aromatic carbocycles. The highest BCUT2D eigenvalue weighted by Gasteiger charge is 2.37. The molecule has 6 heteroatoms. The van der Waals surface area contributed by atoms with Crippen LogP contribution in [0.15, 0.2) is 0 Å². The largest absolute Gasteiger partial charge is 0.377 e. The van der Waals surface area contributed by atoms with Crippen molar-refractivity contribution < 1.29 is 14.3 Å².